The molecular weight excluding hydrogens is 339 g/mol. The van der Waals surface area contributed by atoms with Gasteiger partial charge in [0.25, 0.3) is 0 Å². The summed E-state index contributed by atoms with van der Waals surface area (Å²) in [7, 11) is 0. The van der Waals surface area contributed by atoms with Gasteiger partial charge in [0.15, 0.2) is 0 Å². The van der Waals surface area contributed by atoms with Crippen LogP contribution in [0.2, 0.25) is 0 Å². The third-order valence-electron chi connectivity index (χ3n) is 2.60. The fourth-order valence-electron chi connectivity index (χ4n) is 1.67. The summed E-state index contributed by atoms with van der Waals surface area (Å²) >= 11 is 2.27. The molecule has 0 fully saturated rings. The van der Waals surface area contributed by atoms with Crippen LogP contribution in [0.25, 0.3) is 5.69 Å². The van der Waals surface area contributed by atoms with Gasteiger partial charge in [0.1, 0.15) is 0 Å². The van der Waals surface area contributed by atoms with Crippen LogP contribution in [-0.4, -0.2) is 20.8 Å². The van der Waals surface area contributed by atoms with E-state index < -0.39 is 0 Å². The second-order valence-electron chi connectivity index (χ2n) is 4.59. The van der Waals surface area contributed by atoms with Gasteiger partial charge in [0, 0.05) is 36.2 Å². The van der Waals surface area contributed by atoms with Crippen LogP contribution in [0.5, 0.6) is 0 Å². The molecule has 0 saturated heterocycles. The summed E-state index contributed by atoms with van der Waals surface area (Å²) in [6.07, 6.45) is 5.80. The Morgan fingerprint density at radius 3 is 2.78 bits per heavy atom. The maximum atomic E-state index is 4.37. The van der Waals surface area contributed by atoms with E-state index in [9.17, 15) is 0 Å². The monoisotopic (exact) mass is 356 g/mol. The minimum atomic E-state index is 0.455. The predicted octanol–water partition coefficient (Wildman–Crippen LogP) is 2.68. The third-order valence-corrected chi connectivity index (χ3v) is 3.15. The zero-order valence-corrected chi connectivity index (χ0v) is 13.0. The van der Waals surface area contributed by atoms with Gasteiger partial charge in [-0.25, -0.2) is 4.68 Å². The van der Waals surface area contributed by atoms with Gasteiger partial charge in [-0.15, -0.1) is 0 Å². The number of rotatable bonds is 4. The van der Waals surface area contributed by atoms with Gasteiger partial charge in [0.2, 0.25) is 0 Å². The standard InChI is InChI=1S/C13H17IN4/c1-9(2)15-5-11-6-16-10(3)4-13(11)18-8-12(14)7-17-18/h4,6-9,15H,5H2,1-3H3. The lowest BCUT2D eigenvalue weighted by molar-refractivity contribution is 0.585. The predicted molar refractivity (Wildman–Crippen MR) is 80.8 cm³/mol. The number of hydrogen-bond acceptors (Lipinski definition) is 3. The van der Waals surface area contributed by atoms with Crippen molar-refractivity contribution in [2.45, 2.75) is 33.4 Å². The molecule has 0 unspecified atom stereocenters. The first-order chi connectivity index (χ1) is 8.56. The van der Waals surface area contributed by atoms with Gasteiger partial charge >= 0.3 is 0 Å². The highest BCUT2D eigenvalue weighted by Gasteiger charge is 2.08. The van der Waals surface area contributed by atoms with Crippen molar-refractivity contribution in [3.63, 3.8) is 0 Å². The molecule has 5 heteroatoms. The van der Waals surface area contributed by atoms with E-state index in [1.807, 2.05) is 30.2 Å². The summed E-state index contributed by atoms with van der Waals surface area (Å²) in [6.45, 7) is 7.07. The van der Waals surface area contributed by atoms with Crippen LogP contribution < -0.4 is 5.32 Å². The van der Waals surface area contributed by atoms with Crippen molar-refractivity contribution < 1.29 is 0 Å². The fraction of sp³-hybridized carbons (Fsp3) is 0.385. The van der Waals surface area contributed by atoms with Gasteiger partial charge in [-0.3, -0.25) is 4.98 Å². The molecule has 0 aliphatic rings. The van der Waals surface area contributed by atoms with Gasteiger partial charge in [-0.1, -0.05) is 13.8 Å². The highest BCUT2D eigenvalue weighted by atomic mass is 127. The van der Waals surface area contributed by atoms with Crippen molar-refractivity contribution in [2.75, 3.05) is 0 Å². The second-order valence-corrected chi connectivity index (χ2v) is 5.84. The lowest BCUT2D eigenvalue weighted by Gasteiger charge is -2.12. The van der Waals surface area contributed by atoms with Crippen LogP contribution in [0.3, 0.4) is 0 Å². The van der Waals surface area contributed by atoms with Gasteiger partial charge in [0.05, 0.1) is 15.5 Å². The second kappa shape index (κ2) is 5.79. The van der Waals surface area contributed by atoms with Crippen molar-refractivity contribution in [1.29, 1.82) is 0 Å². The van der Waals surface area contributed by atoms with E-state index in [0.29, 0.717) is 6.04 Å². The topological polar surface area (TPSA) is 42.7 Å². The fourth-order valence-corrected chi connectivity index (χ4v) is 2.06. The average Bonchev–Trinajstić information content (AvgIpc) is 2.74. The molecular formula is C13H17IN4. The molecule has 2 aromatic rings. The number of hydrogen-bond donors (Lipinski definition) is 1. The number of aryl methyl sites for hydroxylation is 1. The number of aromatic nitrogens is 3. The molecule has 2 heterocycles. The number of nitrogens with zero attached hydrogens (tertiary/aromatic N) is 3. The Morgan fingerprint density at radius 2 is 2.17 bits per heavy atom. The van der Waals surface area contributed by atoms with E-state index in [1.165, 1.54) is 0 Å². The number of pyridine rings is 1. The summed E-state index contributed by atoms with van der Waals surface area (Å²) < 4.78 is 3.04. The average molecular weight is 356 g/mol. The minimum absolute atomic E-state index is 0.455. The summed E-state index contributed by atoms with van der Waals surface area (Å²) in [5.74, 6) is 0. The summed E-state index contributed by atoms with van der Waals surface area (Å²) in [5.41, 5.74) is 3.26. The third kappa shape index (κ3) is 3.29. The van der Waals surface area contributed by atoms with Crippen LogP contribution in [0.4, 0.5) is 0 Å². The summed E-state index contributed by atoms with van der Waals surface area (Å²) in [6, 6.07) is 2.53. The number of halogens is 1. The smallest absolute Gasteiger partial charge is 0.0724 e. The molecule has 0 spiro atoms. The van der Waals surface area contributed by atoms with Crippen LogP contribution >= 0.6 is 22.6 Å². The van der Waals surface area contributed by atoms with E-state index in [2.05, 4.69) is 57.9 Å². The molecule has 96 valence electrons. The molecule has 0 aliphatic heterocycles. The molecule has 1 N–H and O–H groups in total. The minimum Gasteiger partial charge on any atom is -0.310 e. The number of nitrogens with one attached hydrogen (secondary N) is 1. The Kier molecular flexibility index (Phi) is 4.34. The molecule has 0 aliphatic carbocycles. The molecule has 2 aromatic heterocycles. The first-order valence-electron chi connectivity index (χ1n) is 5.95. The van der Waals surface area contributed by atoms with Crippen molar-refractivity contribution in [3.8, 4) is 5.69 Å². The maximum absolute atomic E-state index is 4.37. The SMILES string of the molecule is Cc1cc(-n2cc(I)cn2)c(CNC(C)C)cn1. The van der Waals surface area contributed by atoms with Gasteiger partial charge in [-0.2, -0.15) is 5.10 Å². The van der Waals surface area contributed by atoms with E-state index in [4.69, 9.17) is 0 Å². The van der Waals surface area contributed by atoms with Crippen molar-refractivity contribution in [3.05, 3.63) is 39.5 Å². The highest BCUT2D eigenvalue weighted by Crippen LogP contribution is 2.16. The Bertz CT molecular complexity index is 534. The zero-order valence-electron chi connectivity index (χ0n) is 10.8. The summed E-state index contributed by atoms with van der Waals surface area (Å²) in [4.78, 5) is 4.37. The maximum Gasteiger partial charge on any atom is 0.0724 e. The molecule has 0 amide bonds. The lowest BCUT2D eigenvalue weighted by Crippen LogP contribution is -2.23. The highest BCUT2D eigenvalue weighted by molar-refractivity contribution is 14.1. The van der Waals surface area contributed by atoms with E-state index in [1.54, 1.807) is 0 Å². The Morgan fingerprint density at radius 1 is 1.39 bits per heavy atom. The normalized spacial score (nSPS) is 11.2. The molecule has 0 radical (unpaired) electrons. The largest absolute Gasteiger partial charge is 0.310 e. The molecule has 0 aromatic carbocycles. The molecule has 0 atom stereocenters. The Balaban J connectivity index is 2.34. The van der Waals surface area contributed by atoms with Crippen LogP contribution in [0.15, 0.2) is 24.7 Å². The molecule has 4 nitrogen and oxygen atoms in total. The van der Waals surface area contributed by atoms with Gasteiger partial charge in [-0.05, 0) is 35.6 Å². The van der Waals surface area contributed by atoms with Crippen LogP contribution in [0, 0.1) is 10.5 Å². The van der Waals surface area contributed by atoms with Gasteiger partial charge < -0.3 is 5.32 Å². The first kappa shape index (κ1) is 13.5. The molecule has 0 bridgehead atoms. The van der Waals surface area contributed by atoms with Crippen LogP contribution in [-0.2, 0) is 6.54 Å². The first-order valence-corrected chi connectivity index (χ1v) is 7.03. The zero-order chi connectivity index (χ0) is 13.1. The summed E-state index contributed by atoms with van der Waals surface area (Å²) in [5, 5.41) is 7.78. The molecule has 2 rings (SSSR count). The lowest BCUT2D eigenvalue weighted by atomic mass is 10.2. The Hall–Kier alpha value is -0.950. The van der Waals surface area contributed by atoms with E-state index >= 15 is 0 Å². The molecule has 18 heavy (non-hydrogen) atoms. The molecule has 0 saturated carbocycles. The van der Waals surface area contributed by atoms with E-state index in [-0.39, 0.29) is 0 Å². The van der Waals surface area contributed by atoms with Crippen molar-refractivity contribution >= 4 is 22.6 Å². The van der Waals surface area contributed by atoms with E-state index in [0.717, 1.165) is 27.1 Å². The Labute approximate surface area is 121 Å². The van der Waals surface area contributed by atoms with Crippen molar-refractivity contribution in [2.24, 2.45) is 0 Å². The quantitative estimate of drug-likeness (QED) is 0.857. The van der Waals surface area contributed by atoms with Crippen LogP contribution in [0.1, 0.15) is 25.1 Å². The van der Waals surface area contributed by atoms with Crippen molar-refractivity contribution in [1.82, 2.24) is 20.1 Å².